The van der Waals surface area contributed by atoms with Gasteiger partial charge < -0.3 is 9.88 Å². The van der Waals surface area contributed by atoms with Crippen molar-refractivity contribution in [1.82, 2.24) is 9.88 Å². The van der Waals surface area contributed by atoms with Gasteiger partial charge in [-0.3, -0.25) is 4.79 Å². The van der Waals surface area contributed by atoms with E-state index >= 15 is 0 Å². The van der Waals surface area contributed by atoms with E-state index in [4.69, 9.17) is 0 Å². The van der Waals surface area contributed by atoms with Crippen LogP contribution in [0.2, 0.25) is 0 Å². The molecule has 1 heterocycles. The van der Waals surface area contributed by atoms with Crippen LogP contribution in [-0.2, 0) is 13.6 Å². The predicted octanol–water partition coefficient (Wildman–Crippen LogP) is 2.57. The monoisotopic (exact) mass is 242 g/mol. The number of aryl methyl sites for hydroxylation is 2. The van der Waals surface area contributed by atoms with Gasteiger partial charge in [-0.25, -0.2) is 0 Å². The average molecular weight is 242 g/mol. The van der Waals surface area contributed by atoms with Crippen molar-refractivity contribution >= 4 is 5.91 Å². The Labute approximate surface area is 107 Å². The van der Waals surface area contributed by atoms with Crippen molar-refractivity contribution in [3.63, 3.8) is 0 Å². The topological polar surface area (TPSA) is 34.0 Å². The van der Waals surface area contributed by atoms with Crippen molar-refractivity contribution in [3.05, 3.63) is 58.9 Å². The van der Waals surface area contributed by atoms with E-state index in [0.29, 0.717) is 12.1 Å². The Bertz CT molecular complexity index is 570. The van der Waals surface area contributed by atoms with Crippen molar-refractivity contribution < 1.29 is 4.79 Å². The van der Waals surface area contributed by atoms with Gasteiger partial charge in [0.15, 0.2) is 0 Å². The van der Waals surface area contributed by atoms with Crippen LogP contribution in [0.1, 0.15) is 27.3 Å². The third-order valence-corrected chi connectivity index (χ3v) is 3.19. The van der Waals surface area contributed by atoms with Gasteiger partial charge in [0.1, 0.15) is 0 Å². The van der Waals surface area contributed by atoms with E-state index in [9.17, 15) is 4.79 Å². The first-order chi connectivity index (χ1) is 8.58. The highest BCUT2D eigenvalue weighted by Crippen LogP contribution is 2.07. The maximum Gasteiger partial charge on any atom is 0.251 e. The highest BCUT2D eigenvalue weighted by Gasteiger charge is 2.06. The van der Waals surface area contributed by atoms with Crippen molar-refractivity contribution in [2.75, 3.05) is 0 Å². The highest BCUT2D eigenvalue weighted by molar-refractivity contribution is 5.94. The number of nitrogens with one attached hydrogen (secondary N) is 1. The van der Waals surface area contributed by atoms with Gasteiger partial charge in [0.05, 0.1) is 6.54 Å². The van der Waals surface area contributed by atoms with E-state index in [-0.39, 0.29) is 5.91 Å². The molecule has 1 N–H and O–H groups in total. The molecule has 0 bridgehead atoms. The number of hydrogen-bond donors (Lipinski definition) is 1. The van der Waals surface area contributed by atoms with Gasteiger partial charge in [0.25, 0.3) is 5.91 Å². The summed E-state index contributed by atoms with van der Waals surface area (Å²) >= 11 is 0. The maximum atomic E-state index is 12.0. The zero-order valence-corrected chi connectivity index (χ0v) is 11.0. The molecule has 0 fully saturated rings. The molecule has 2 aromatic rings. The number of carbonyl (C=O) groups excluding carboxylic acids is 1. The van der Waals surface area contributed by atoms with Crippen LogP contribution < -0.4 is 5.32 Å². The van der Waals surface area contributed by atoms with Gasteiger partial charge in [-0.1, -0.05) is 17.7 Å². The quantitative estimate of drug-likeness (QED) is 0.882. The van der Waals surface area contributed by atoms with E-state index < -0.39 is 0 Å². The van der Waals surface area contributed by atoms with Gasteiger partial charge >= 0.3 is 0 Å². The third-order valence-electron chi connectivity index (χ3n) is 3.19. The standard InChI is InChI=1S/C15H18N2O/c1-11-5-4-6-13(9-11)15(18)16-10-14-8-7-12(2)17(14)3/h4-9H,10H2,1-3H3,(H,16,18). The lowest BCUT2D eigenvalue weighted by Gasteiger charge is -2.08. The molecular formula is C15H18N2O. The van der Waals surface area contributed by atoms with Crippen molar-refractivity contribution in [1.29, 1.82) is 0 Å². The summed E-state index contributed by atoms with van der Waals surface area (Å²) in [5, 5.41) is 2.94. The first kappa shape index (κ1) is 12.4. The molecule has 2 rings (SSSR count). The van der Waals surface area contributed by atoms with Gasteiger partial charge in [-0.2, -0.15) is 0 Å². The van der Waals surface area contributed by atoms with Crippen LogP contribution in [0.4, 0.5) is 0 Å². The zero-order valence-electron chi connectivity index (χ0n) is 11.0. The number of carbonyl (C=O) groups is 1. The van der Waals surface area contributed by atoms with E-state index in [1.807, 2.05) is 57.3 Å². The molecule has 0 aliphatic rings. The predicted molar refractivity (Wildman–Crippen MR) is 72.5 cm³/mol. The molecule has 3 heteroatoms. The summed E-state index contributed by atoms with van der Waals surface area (Å²) in [5.41, 5.74) is 4.10. The summed E-state index contributed by atoms with van der Waals surface area (Å²) in [6, 6.07) is 11.7. The molecule has 18 heavy (non-hydrogen) atoms. The first-order valence-electron chi connectivity index (χ1n) is 6.04. The Morgan fingerprint density at radius 3 is 2.61 bits per heavy atom. The summed E-state index contributed by atoms with van der Waals surface area (Å²) < 4.78 is 2.08. The van der Waals surface area contributed by atoms with Gasteiger partial charge in [-0.15, -0.1) is 0 Å². The second-order valence-electron chi connectivity index (χ2n) is 4.58. The summed E-state index contributed by atoms with van der Waals surface area (Å²) in [4.78, 5) is 12.0. The molecule has 0 saturated heterocycles. The summed E-state index contributed by atoms with van der Waals surface area (Å²) in [6.07, 6.45) is 0. The molecule has 3 nitrogen and oxygen atoms in total. The van der Waals surface area contributed by atoms with Crippen LogP contribution in [0, 0.1) is 13.8 Å². The molecule has 1 aromatic carbocycles. The van der Waals surface area contributed by atoms with E-state index in [2.05, 4.69) is 9.88 Å². The first-order valence-corrected chi connectivity index (χ1v) is 6.04. The fraction of sp³-hybridized carbons (Fsp3) is 0.267. The van der Waals surface area contributed by atoms with Crippen molar-refractivity contribution in [3.8, 4) is 0 Å². The summed E-state index contributed by atoms with van der Waals surface area (Å²) in [7, 11) is 2.00. The van der Waals surface area contributed by atoms with Crippen LogP contribution in [0.25, 0.3) is 0 Å². The number of aromatic nitrogens is 1. The maximum absolute atomic E-state index is 12.0. The number of amides is 1. The van der Waals surface area contributed by atoms with Crippen LogP contribution in [0.3, 0.4) is 0 Å². The minimum Gasteiger partial charge on any atom is -0.350 e. The molecular weight excluding hydrogens is 224 g/mol. The fourth-order valence-corrected chi connectivity index (χ4v) is 1.90. The lowest BCUT2D eigenvalue weighted by atomic mass is 10.1. The second kappa shape index (κ2) is 5.08. The molecule has 1 amide bonds. The third kappa shape index (κ3) is 2.62. The van der Waals surface area contributed by atoms with E-state index in [0.717, 1.165) is 11.3 Å². The Morgan fingerprint density at radius 2 is 2.00 bits per heavy atom. The van der Waals surface area contributed by atoms with Gasteiger partial charge in [0.2, 0.25) is 0 Å². The number of benzene rings is 1. The fourth-order valence-electron chi connectivity index (χ4n) is 1.90. The lowest BCUT2D eigenvalue weighted by Crippen LogP contribution is -2.24. The zero-order chi connectivity index (χ0) is 13.1. The molecule has 0 radical (unpaired) electrons. The molecule has 94 valence electrons. The SMILES string of the molecule is Cc1cccc(C(=O)NCc2ccc(C)n2C)c1. The van der Waals surface area contributed by atoms with Crippen LogP contribution >= 0.6 is 0 Å². The molecule has 0 unspecified atom stereocenters. The molecule has 0 saturated carbocycles. The van der Waals surface area contributed by atoms with Crippen molar-refractivity contribution in [2.45, 2.75) is 20.4 Å². The van der Waals surface area contributed by atoms with Crippen LogP contribution in [0.15, 0.2) is 36.4 Å². The van der Waals surface area contributed by atoms with Crippen molar-refractivity contribution in [2.24, 2.45) is 7.05 Å². The number of hydrogen-bond acceptors (Lipinski definition) is 1. The number of rotatable bonds is 3. The molecule has 0 spiro atoms. The van der Waals surface area contributed by atoms with E-state index in [1.165, 1.54) is 5.69 Å². The van der Waals surface area contributed by atoms with Crippen LogP contribution in [-0.4, -0.2) is 10.5 Å². The molecule has 0 atom stereocenters. The molecule has 1 aromatic heterocycles. The number of nitrogens with zero attached hydrogens (tertiary/aromatic N) is 1. The average Bonchev–Trinajstić information content (AvgIpc) is 2.67. The Balaban J connectivity index is 2.03. The lowest BCUT2D eigenvalue weighted by molar-refractivity contribution is 0.0950. The van der Waals surface area contributed by atoms with Crippen LogP contribution in [0.5, 0.6) is 0 Å². The smallest absolute Gasteiger partial charge is 0.251 e. The van der Waals surface area contributed by atoms with Gasteiger partial charge in [0, 0.05) is 24.0 Å². The summed E-state index contributed by atoms with van der Waals surface area (Å²) in [5.74, 6) is -0.0300. The minimum atomic E-state index is -0.0300. The molecule has 0 aliphatic heterocycles. The van der Waals surface area contributed by atoms with Gasteiger partial charge in [-0.05, 0) is 38.1 Å². The normalized spacial score (nSPS) is 10.4. The Morgan fingerprint density at radius 1 is 1.22 bits per heavy atom. The Hall–Kier alpha value is -2.03. The highest BCUT2D eigenvalue weighted by atomic mass is 16.1. The second-order valence-corrected chi connectivity index (χ2v) is 4.58. The Kier molecular flexibility index (Phi) is 3.51. The van der Waals surface area contributed by atoms with E-state index in [1.54, 1.807) is 0 Å². The molecule has 0 aliphatic carbocycles. The largest absolute Gasteiger partial charge is 0.350 e. The minimum absolute atomic E-state index is 0.0300. The summed E-state index contributed by atoms with van der Waals surface area (Å²) in [6.45, 7) is 4.58.